The van der Waals surface area contributed by atoms with Gasteiger partial charge < -0.3 is 9.73 Å². The molecule has 0 spiro atoms. The monoisotopic (exact) mass is 372 g/mol. The molecule has 2 aromatic carbocycles. The van der Waals surface area contributed by atoms with Crippen molar-refractivity contribution in [3.8, 4) is 0 Å². The summed E-state index contributed by atoms with van der Waals surface area (Å²) >= 11 is 0. The quantitative estimate of drug-likeness (QED) is 0.654. The van der Waals surface area contributed by atoms with Gasteiger partial charge in [0.05, 0.1) is 11.4 Å². The Kier molecular flexibility index (Phi) is 5.76. The minimum atomic E-state index is -3.40. The summed E-state index contributed by atoms with van der Waals surface area (Å²) in [6.07, 6.45) is 0. The molecule has 5 nitrogen and oxygen atoms in total. The number of sulfonamides is 1. The van der Waals surface area contributed by atoms with Crippen LogP contribution in [0.2, 0.25) is 0 Å². The predicted molar refractivity (Wildman–Crippen MR) is 103 cm³/mol. The molecule has 0 saturated heterocycles. The maximum atomic E-state index is 12.5. The number of nitrogens with zero attached hydrogens (tertiary/aromatic N) is 1. The Morgan fingerprint density at radius 3 is 2.31 bits per heavy atom. The highest BCUT2D eigenvalue weighted by molar-refractivity contribution is 7.89. The average Bonchev–Trinajstić information content (AvgIpc) is 3.06. The van der Waals surface area contributed by atoms with E-state index in [9.17, 15) is 8.42 Å². The van der Waals surface area contributed by atoms with Crippen molar-refractivity contribution in [3.05, 3.63) is 65.9 Å². The lowest BCUT2D eigenvalue weighted by atomic mass is 10.2. The Balaban J connectivity index is 1.61. The molecule has 3 rings (SSSR count). The molecule has 0 fully saturated rings. The van der Waals surface area contributed by atoms with E-state index in [1.54, 1.807) is 12.1 Å². The largest absolute Gasteiger partial charge is 0.460 e. The van der Waals surface area contributed by atoms with E-state index in [0.717, 1.165) is 22.3 Å². The first kappa shape index (κ1) is 18.6. The van der Waals surface area contributed by atoms with Gasteiger partial charge in [-0.3, -0.25) is 0 Å². The molecular weight excluding hydrogens is 348 g/mol. The fraction of sp³-hybridized carbons (Fsp3) is 0.300. The molecule has 0 atom stereocenters. The van der Waals surface area contributed by atoms with Crippen molar-refractivity contribution in [2.75, 3.05) is 13.1 Å². The lowest BCUT2D eigenvalue weighted by Crippen LogP contribution is -2.30. The number of para-hydroxylation sites is 1. The van der Waals surface area contributed by atoms with Crippen LogP contribution >= 0.6 is 0 Å². The van der Waals surface area contributed by atoms with Crippen LogP contribution < -0.4 is 5.32 Å². The van der Waals surface area contributed by atoms with Gasteiger partial charge in [0.15, 0.2) is 0 Å². The van der Waals surface area contributed by atoms with E-state index in [1.165, 1.54) is 4.31 Å². The van der Waals surface area contributed by atoms with E-state index in [1.807, 2.05) is 56.3 Å². The molecule has 0 aliphatic carbocycles. The smallest absolute Gasteiger partial charge is 0.243 e. The molecular formula is C20H24N2O3S. The number of benzene rings is 2. The van der Waals surface area contributed by atoms with Gasteiger partial charge in [0.2, 0.25) is 10.0 Å². The van der Waals surface area contributed by atoms with Gasteiger partial charge in [-0.05, 0) is 29.8 Å². The van der Waals surface area contributed by atoms with Crippen molar-refractivity contribution in [3.63, 3.8) is 0 Å². The van der Waals surface area contributed by atoms with E-state index in [4.69, 9.17) is 4.42 Å². The molecule has 1 N–H and O–H groups in total. The van der Waals surface area contributed by atoms with Crippen molar-refractivity contribution in [1.82, 2.24) is 9.62 Å². The topological polar surface area (TPSA) is 62.6 Å². The summed E-state index contributed by atoms with van der Waals surface area (Å²) in [5.41, 5.74) is 1.91. The Morgan fingerprint density at radius 2 is 1.65 bits per heavy atom. The second kappa shape index (κ2) is 8.03. The summed E-state index contributed by atoms with van der Waals surface area (Å²) in [4.78, 5) is 0.335. The highest BCUT2D eigenvalue weighted by atomic mass is 32.2. The maximum absolute atomic E-state index is 12.5. The zero-order chi connectivity index (χ0) is 18.6. The van der Waals surface area contributed by atoms with Crippen molar-refractivity contribution < 1.29 is 12.8 Å². The van der Waals surface area contributed by atoms with Gasteiger partial charge in [0.1, 0.15) is 11.3 Å². The lowest BCUT2D eigenvalue weighted by molar-refractivity contribution is 0.445. The summed E-state index contributed by atoms with van der Waals surface area (Å²) in [6, 6.07) is 17.0. The van der Waals surface area contributed by atoms with Crippen molar-refractivity contribution >= 4 is 21.0 Å². The highest BCUT2D eigenvalue weighted by Crippen LogP contribution is 2.19. The standard InChI is InChI=1S/C20H24N2O3S/c1-3-22(4-2)26(23,24)19-11-9-16(10-12-19)14-21-15-18-13-17-7-5-6-8-20(17)25-18/h5-13,21H,3-4,14-15H2,1-2H3. The number of hydrogen-bond donors (Lipinski definition) is 1. The van der Waals surface area contributed by atoms with Crippen LogP contribution in [0.4, 0.5) is 0 Å². The fourth-order valence-corrected chi connectivity index (χ4v) is 4.40. The molecule has 3 aromatic rings. The van der Waals surface area contributed by atoms with Gasteiger partial charge in [-0.2, -0.15) is 4.31 Å². The number of fused-ring (bicyclic) bond motifs is 1. The molecule has 1 heterocycles. The van der Waals surface area contributed by atoms with E-state index >= 15 is 0 Å². The maximum Gasteiger partial charge on any atom is 0.243 e. The summed E-state index contributed by atoms with van der Waals surface area (Å²) in [5, 5.41) is 4.42. The van der Waals surface area contributed by atoms with Crippen LogP contribution in [0, 0.1) is 0 Å². The van der Waals surface area contributed by atoms with E-state index in [-0.39, 0.29) is 0 Å². The zero-order valence-corrected chi connectivity index (χ0v) is 15.9. The third-order valence-electron chi connectivity index (χ3n) is 4.37. The second-order valence-electron chi connectivity index (χ2n) is 6.09. The van der Waals surface area contributed by atoms with Crippen LogP contribution in [0.1, 0.15) is 25.2 Å². The Bertz CT molecular complexity index is 925. The van der Waals surface area contributed by atoms with Crippen molar-refractivity contribution in [2.45, 2.75) is 31.8 Å². The van der Waals surface area contributed by atoms with Crippen LogP contribution in [0.3, 0.4) is 0 Å². The van der Waals surface area contributed by atoms with Gasteiger partial charge >= 0.3 is 0 Å². The summed E-state index contributed by atoms with van der Waals surface area (Å²) in [5.74, 6) is 0.881. The van der Waals surface area contributed by atoms with E-state index in [2.05, 4.69) is 5.32 Å². The Labute approximate surface area is 154 Å². The van der Waals surface area contributed by atoms with Crippen molar-refractivity contribution in [2.24, 2.45) is 0 Å². The lowest BCUT2D eigenvalue weighted by Gasteiger charge is -2.18. The average molecular weight is 372 g/mol. The first-order valence-corrected chi connectivity index (χ1v) is 10.3. The Hall–Kier alpha value is -2.15. The molecule has 0 amide bonds. The molecule has 0 saturated carbocycles. The molecule has 6 heteroatoms. The summed E-state index contributed by atoms with van der Waals surface area (Å²) in [7, 11) is -3.40. The van der Waals surface area contributed by atoms with Crippen LogP contribution in [-0.2, 0) is 23.1 Å². The van der Waals surface area contributed by atoms with Gasteiger partial charge in [-0.15, -0.1) is 0 Å². The van der Waals surface area contributed by atoms with Crippen LogP contribution in [0.5, 0.6) is 0 Å². The molecule has 0 radical (unpaired) electrons. The zero-order valence-electron chi connectivity index (χ0n) is 15.1. The number of hydrogen-bond acceptors (Lipinski definition) is 4. The molecule has 1 aromatic heterocycles. The second-order valence-corrected chi connectivity index (χ2v) is 8.03. The minimum absolute atomic E-state index is 0.335. The predicted octanol–water partition coefficient (Wildman–Crippen LogP) is 3.75. The van der Waals surface area contributed by atoms with Crippen LogP contribution in [0.25, 0.3) is 11.0 Å². The third-order valence-corrected chi connectivity index (χ3v) is 6.44. The van der Waals surface area contributed by atoms with Gasteiger partial charge in [-0.25, -0.2) is 8.42 Å². The minimum Gasteiger partial charge on any atom is -0.460 e. The number of rotatable bonds is 8. The van der Waals surface area contributed by atoms with Gasteiger partial charge in [0, 0.05) is 25.0 Å². The van der Waals surface area contributed by atoms with E-state index < -0.39 is 10.0 Å². The van der Waals surface area contributed by atoms with Gasteiger partial charge in [-0.1, -0.05) is 44.2 Å². The molecule has 0 unspecified atom stereocenters. The van der Waals surface area contributed by atoms with Crippen molar-refractivity contribution in [1.29, 1.82) is 0 Å². The van der Waals surface area contributed by atoms with Gasteiger partial charge in [0.25, 0.3) is 0 Å². The van der Waals surface area contributed by atoms with E-state index in [0.29, 0.717) is 31.1 Å². The fourth-order valence-electron chi connectivity index (χ4n) is 2.95. The molecule has 0 aliphatic heterocycles. The molecule has 26 heavy (non-hydrogen) atoms. The first-order chi connectivity index (χ1) is 12.5. The normalized spacial score (nSPS) is 12.1. The summed E-state index contributed by atoms with van der Waals surface area (Å²) in [6.45, 7) is 5.89. The third kappa shape index (κ3) is 3.98. The van der Waals surface area contributed by atoms with Crippen LogP contribution in [0.15, 0.2) is 63.9 Å². The SMILES string of the molecule is CCN(CC)S(=O)(=O)c1ccc(CNCc2cc3ccccc3o2)cc1. The van der Waals surface area contributed by atoms with Crippen LogP contribution in [-0.4, -0.2) is 25.8 Å². The molecule has 138 valence electrons. The number of furan rings is 1. The molecule has 0 aliphatic rings. The number of nitrogens with one attached hydrogen (secondary N) is 1. The summed E-state index contributed by atoms with van der Waals surface area (Å²) < 4.78 is 32.2. The first-order valence-electron chi connectivity index (χ1n) is 8.82. The highest BCUT2D eigenvalue weighted by Gasteiger charge is 2.21. The molecule has 0 bridgehead atoms. The Morgan fingerprint density at radius 1 is 0.962 bits per heavy atom.